The number of nitrogens with zero attached hydrogens (tertiary/aromatic N) is 1. The van der Waals surface area contributed by atoms with Gasteiger partial charge in [-0.1, -0.05) is 109 Å². The summed E-state index contributed by atoms with van der Waals surface area (Å²) in [6.45, 7) is 0.0332. The lowest BCUT2D eigenvalue weighted by Crippen LogP contribution is -2.55. The molecule has 5 aromatic carbocycles. The average Bonchev–Trinajstić information content (AvgIpc) is 3.56. The summed E-state index contributed by atoms with van der Waals surface area (Å²) in [7, 11) is 0. The van der Waals surface area contributed by atoms with Gasteiger partial charge in [0.1, 0.15) is 11.2 Å². The van der Waals surface area contributed by atoms with Crippen LogP contribution < -0.4 is 20.8 Å². The van der Waals surface area contributed by atoms with Gasteiger partial charge in [0.25, 0.3) is 0 Å². The van der Waals surface area contributed by atoms with Crippen LogP contribution >= 0.6 is 11.3 Å². The highest BCUT2D eigenvalue weighted by Gasteiger charge is 2.42. The number of fused-ring (bicyclic) bond motifs is 6. The van der Waals surface area contributed by atoms with E-state index in [4.69, 9.17) is 4.42 Å². The summed E-state index contributed by atoms with van der Waals surface area (Å²) >= 11 is 1.87. The normalized spacial score (nSPS) is 12.6. The van der Waals surface area contributed by atoms with Gasteiger partial charge in [-0.15, -0.1) is 11.3 Å². The van der Waals surface area contributed by atoms with Crippen molar-refractivity contribution in [3.63, 3.8) is 0 Å². The van der Waals surface area contributed by atoms with Gasteiger partial charge in [0, 0.05) is 25.9 Å². The smallest absolute Gasteiger partial charge is 0.305 e. The first-order chi connectivity index (χ1) is 18.9. The summed E-state index contributed by atoms with van der Waals surface area (Å²) in [6, 6.07) is 47.5. The van der Waals surface area contributed by atoms with E-state index in [-0.39, 0.29) is 6.71 Å². The second kappa shape index (κ2) is 8.51. The Morgan fingerprint density at radius 1 is 0.553 bits per heavy atom. The molecule has 38 heavy (non-hydrogen) atoms. The SMILES string of the molecule is c1ccc(B2c3oc4ccccc4c3N(c3ccc(-c4ccccc4)cc3)c3c2sc2ccccc32)cc1. The van der Waals surface area contributed by atoms with E-state index in [0.29, 0.717) is 0 Å². The number of anilines is 3. The van der Waals surface area contributed by atoms with Crippen molar-refractivity contribution in [2.24, 2.45) is 0 Å². The van der Waals surface area contributed by atoms with Crippen molar-refractivity contribution in [1.29, 1.82) is 0 Å². The van der Waals surface area contributed by atoms with Crippen LogP contribution in [0.1, 0.15) is 0 Å². The number of hydrogen-bond acceptors (Lipinski definition) is 3. The van der Waals surface area contributed by atoms with Gasteiger partial charge in [-0.05, 0) is 41.5 Å². The zero-order valence-electron chi connectivity index (χ0n) is 20.5. The zero-order valence-corrected chi connectivity index (χ0v) is 21.4. The van der Waals surface area contributed by atoms with Crippen LogP contribution in [0.2, 0.25) is 0 Å². The van der Waals surface area contributed by atoms with Crippen molar-refractivity contribution in [2.45, 2.75) is 0 Å². The van der Waals surface area contributed by atoms with Crippen LogP contribution in [0.15, 0.2) is 138 Å². The molecule has 0 amide bonds. The summed E-state index contributed by atoms with van der Waals surface area (Å²) in [4.78, 5) is 2.43. The van der Waals surface area contributed by atoms with Crippen molar-refractivity contribution in [1.82, 2.24) is 0 Å². The number of thiophene rings is 1. The molecule has 0 saturated carbocycles. The van der Waals surface area contributed by atoms with E-state index in [1.165, 1.54) is 37.1 Å². The quantitative estimate of drug-likeness (QED) is 0.231. The maximum Gasteiger partial charge on any atom is 0.305 e. The van der Waals surface area contributed by atoms with Gasteiger partial charge in [-0.25, -0.2) is 0 Å². The molecule has 7 aromatic rings. The van der Waals surface area contributed by atoms with Crippen LogP contribution in [-0.2, 0) is 0 Å². The molecular weight excluding hydrogens is 481 g/mol. The first kappa shape index (κ1) is 21.5. The molecule has 0 aliphatic carbocycles. The van der Waals surface area contributed by atoms with Gasteiger partial charge >= 0.3 is 6.71 Å². The molecule has 178 valence electrons. The maximum atomic E-state index is 6.72. The lowest BCUT2D eigenvalue weighted by atomic mass is 9.40. The fourth-order valence-corrected chi connectivity index (χ4v) is 7.14. The lowest BCUT2D eigenvalue weighted by Gasteiger charge is -2.32. The van der Waals surface area contributed by atoms with Crippen molar-refractivity contribution in [3.05, 3.63) is 133 Å². The van der Waals surface area contributed by atoms with Gasteiger partial charge in [-0.3, -0.25) is 0 Å². The topological polar surface area (TPSA) is 16.4 Å². The van der Waals surface area contributed by atoms with Crippen molar-refractivity contribution in [2.75, 3.05) is 4.90 Å². The predicted octanol–water partition coefficient (Wildman–Crippen LogP) is 7.61. The number of rotatable bonds is 3. The van der Waals surface area contributed by atoms with Gasteiger partial charge in [0.05, 0.1) is 11.4 Å². The molecule has 0 spiro atoms. The van der Waals surface area contributed by atoms with Crippen LogP contribution in [0.5, 0.6) is 0 Å². The molecule has 0 bridgehead atoms. The predicted molar refractivity (Wildman–Crippen MR) is 163 cm³/mol. The number of benzene rings is 5. The van der Waals surface area contributed by atoms with Gasteiger partial charge in [-0.2, -0.15) is 0 Å². The molecular formula is C34H22BNOS. The Morgan fingerprint density at radius 3 is 1.97 bits per heavy atom. The van der Waals surface area contributed by atoms with Crippen LogP contribution in [0.4, 0.5) is 17.1 Å². The Morgan fingerprint density at radius 2 is 1.18 bits per heavy atom. The highest BCUT2D eigenvalue weighted by Crippen LogP contribution is 2.46. The molecule has 3 heterocycles. The molecule has 0 saturated heterocycles. The minimum atomic E-state index is 0.0332. The minimum absolute atomic E-state index is 0.0332. The second-order valence-electron chi connectivity index (χ2n) is 9.71. The Balaban J connectivity index is 1.43. The molecule has 1 aliphatic heterocycles. The summed E-state index contributed by atoms with van der Waals surface area (Å²) in [5.41, 5.74) is 9.13. The minimum Gasteiger partial charge on any atom is -0.468 e. The van der Waals surface area contributed by atoms with Crippen LogP contribution in [0.25, 0.3) is 32.2 Å². The number of furan rings is 1. The molecule has 0 unspecified atom stereocenters. The molecule has 4 heteroatoms. The molecule has 8 rings (SSSR count). The van der Waals surface area contributed by atoms with Crippen LogP contribution in [0.3, 0.4) is 0 Å². The van der Waals surface area contributed by atoms with Crippen LogP contribution in [0, 0.1) is 0 Å². The van der Waals surface area contributed by atoms with E-state index in [0.717, 1.165) is 28.0 Å². The third-order valence-electron chi connectivity index (χ3n) is 7.53. The van der Waals surface area contributed by atoms with Crippen LogP contribution in [-0.4, -0.2) is 6.71 Å². The van der Waals surface area contributed by atoms with E-state index in [1.54, 1.807) is 0 Å². The monoisotopic (exact) mass is 503 g/mol. The van der Waals surface area contributed by atoms with Crippen molar-refractivity contribution < 1.29 is 4.42 Å². The fraction of sp³-hybridized carbons (Fsp3) is 0. The molecule has 1 aliphatic rings. The number of para-hydroxylation sites is 1. The first-order valence-corrected chi connectivity index (χ1v) is 13.7. The van der Waals surface area contributed by atoms with E-state index in [9.17, 15) is 0 Å². The van der Waals surface area contributed by atoms with E-state index >= 15 is 0 Å². The Hall–Kier alpha value is -4.54. The lowest BCUT2D eigenvalue weighted by molar-refractivity contribution is 0.651. The Bertz CT molecular complexity index is 1840. The fourth-order valence-electron chi connectivity index (χ4n) is 5.83. The Labute approximate surface area is 225 Å². The molecule has 2 nitrogen and oxygen atoms in total. The van der Waals surface area contributed by atoms with Crippen molar-refractivity contribution in [3.8, 4) is 11.1 Å². The van der Waals surface area contributed by atoms with Gasteiger partial charge < -0.3 is 9.32 Å². The largest absolute Gasteiger partial charge is 0.468 e. The maximum absolute atomic E-state index is 6.72. The molecule has 0 radical (unpaired) electrons. The molecule has 0 atom stereocenters. The van der Waals surface area contributed by atoms with Crippen molar-refractivity contribution >= 4 is 72.1 Å². The van der Waals surface area contributed by atoms with E-state index in [2.05, 4.69) is 138 Å². The zero-order chi connectivity index (χ0) is 25.1. The van der Waals surface area contributed by atoms with Gasteiger partial charge in [0.15, 0.2) is 0 Å². The summed E-state index contributed by atoms with van der Waals surface area (Å²) in [5, 5.41) is 2.41. The third kappa shape index (κ3) is 3.20. The first-order valence-electron chi connectivity index (χ1n) is 12.9. The standard InChI is InChI=1S/C34H22BNOS/c1-3-11-23(12-4-1)24-19-21-26(22-20-24)36-31-27-15-7-9-17-29(27)37-33(31)35(25-13-5-2-6-14-25)34-32(36)28-16-8-10-18-30(28)38-34/h1-22H. The summed E-state index contributed by atoms with van der Waals surface area (Å²) in [6.07, 6.45) is 0. The highest BCUT2D eigenvalue weighted by molar-refractivity contribution is 7.33. The summed E-state index contributed by atoms with van der Waals surface area (Å²) in [5.74, 6) is 0. The average molecular weight is 503 g/mol. The Kier molecular flexibility index (Phi) is 4.82. The number of hydrogen-bond donors (Lipinski definition) is 0. The summed E-state index contributed by atoms with van der Waals surface area (Å²) < 4.78 is 9.33. The second-order valence-corrected chi connectivity index (χ2v) is 10.8. The van der Waals surface area contributed by atoms with E-state index in [1.807, 2.05) is 11.3 Å². The van der Waals surface area contributed by atoms with Gasteiger partial charge in [0.2, 0.25) is 0 Å². The highest BCUT2D eigenvalue weighted by atomic mass is 32.1. The molecule has 2 aromatic heterocycles. The third-order valence-corrected chi connectivity index (χ3v) is 8.75. The van der Waals surface area contributed by atoms with E-state index < -0.39 is 0 Å². The molecule has 0 N–H and O–H groups in total. The molecule has 0 fully saturated rings.